The lowest BCUT2D eigenvalue weighted by Crippen LogP contribution is -2.01. The summed E-state index contributed by atoms with van der Waals surface area (Å²) in [6.45, 7) is 15.9. The minimum Gasteiger partial charge on any atom is -0.294 e. The molecule has 0 saturated heterocycles. The van der Waals surface area contributed by atoms with Gasteiger partial charge in [-0.05, 0) is 43.9 Å². The second-order valence-electron chi connectivity index (χ2n) is 4.12. The molecule has 0 saturated carbocycles. The summed E-state index contributed by atoms with van der Waals surface area (Å²) in [5.74, 6) is 0.147. The van der Waals surface area contributed by atoms with Gasteiger partial charge in [0, 0.05) is 5.56 Å². The van der Waals surface area contributed by atoms with E-state index < -0.39 is 0 Å². The molecule has 0 unspecified atom stereocenters. The Morgan fingerprint density at radius 3 is 2.10 bits per heavy atom. The highest BCUT2D eigenvalue weighted by molar-refractivity contribution is 5.99. The molecule has 0 aliphatic carbocycles. The summed E-state index contributed by atoms with van der Waals surface area (Å²) in [4.78, 5) is 11.6. The number of carbonyl (C=O) groups is 1. The molecule has 1 rings (SSSR count). The molecule has 0 aromatic heterocycles. The summed E-state index contributed by atoms with van der Waals surface area (Å²) in [7, 11) is 0. The molecule has 0 N–H and O–H groups in total. The number of hydrogen-bond donors (Lipinski definition) is 0. The number of Topliss-reactive ketones (excluding diaryl/α,β-unsaturated/α-hetero) is 1. The molecule has 1 aromatic carbocycles. The van der Waals surface area contributed by atoms with Crippen molar-refractivity contribution in [2.75, 3.05) is 0 Å². The second kappa shape index (κ2) is 12.7. The van der Waals surface area contributed by atoms with Gasteiger partial charge in [0.25, 0.3) is 0 Å². The molecule has 1 nitrogen and oxygen atoms in total. The zero-order valence-electron chi connectivity index (χ0n) is 14.6. The fraction of sp³-hybridized carbons (Fsp3) is 0.526. The quantitative estimate of drug-likeness (QED) is 0.577. The largest absolute Gasteiger partial charge is 0.294 e. The van der Waals surface area contributed by atoms with Gasteiger partial charge in [0.1, 0.15) is 0 Å². The van der Waals surface area contributed by atoms with Crippen LogP contribution in [-0.2, 0) is 0 Å². The Kier molecular flexibility index (Phi) is 13.2. The maximum atomic E-state index is 11.6. The van der Waals surface area contributed by atoms with E-state index in [4.69, 9.17) is 0 Å². The Balaban J connectivity index is 0. The molecule has 0 aliphatic heterocycles. The van der Waals surface area contributed by atoms with Crippen molar-refractivity contribution in [3.05, 3.63) is 41.0 Å². The molecule has 0 radical (unpaired) electrons. The first-order chi connectivity index (χ1) is 9.61. The van der Waals surface area contributed by atoms with Crippen molar-refractivity contribution in [2.45, 2.75) is 68.2 Å². The van der Waals surface area contributed by atoms with E-state index in [1.807, 2.05) is 46.8 Å². The molecule has 0 spiro atoms. The molecular weight excluding hydrogens is 244 g/mol. The van der Waals surface area contributed by atoms with E-state index in [0.29, 0.717) is 0 Å². The van der Waals surface area contributed by atoms with Crippen LogP contribution in [0.25, 0.3) is 5.57 Å². The maximum absolute atomic E-state index is 11.6. The number of allylic oxidation sites excluding steroid dienone is 2. The van der Waals surface area contributed by atoms with Crippen molar-refractivity contribution >= 4 is 11.4 Å². The monoisotopic (exact) mass is 276 g/mol. The first kappa shape index (κ1) is 20.9. The summed E-state index contributed by atoms with van der Waals surface area (Å²) in [6, 6.07) is 5.94. The van der Waals surface area contributed by atoms with E-state index >= 15 is 0 Å². The summed E-state index contributed by atoms with van der Waals surface area (Å²) in [6.07, 6.45) is 4.26. The third kappa shape index (κ3) is 6.18. The van der Waals surface area contributed by atoms with E-state index in [2.05, 4.69) is 26.0 Å². The van der Waals surface area contributed by atoms with Gasteiger partial charge in [-0.15, -0.1) is 0 Å². The molecule has 0 atom stereocenters. The molecular formula is C19H32O. The molecule has 20 heavy (non-hydrogen) atoms. The fourth-order valence-electron chi connectivity index (χ4n) is 2.07. The lowest BCUT2D eigenvalue weighted by Gasteiger charge is -2.13. The Morgan fingerprint density at radius 1 is 1.15 bits per heavy atom. The predicted molar refractivity (Wildman–Crippen MR) is 92.4 cm³/mol. The van der Waals surface area contributed by atoms with Crippen LogP contribution in [0, 0.1) is 6.92 Å². The van der Waals surface area contributed by atoms with Gasteiger partial charge in [-0.2, -0.15) is 0 Å². The van der Waals surface area contributed by atoms with Crippen LogP contribution >= 0.6 is 0 Å². The third-order valence-corrected chi connectivity index (χ3v) is 2.84. The summed E-state index contributed by atoms with van der Waals surface area (Å²) < 4.78 is 0. The van der Waals surface area contributed by atoms with E-state index in [9.17, 15) is 4.79 Å². The minimum atomic E-state index is 0.147. The molecule has 0 bridgehead atoms. The van der Waals surface area contributed by atoms with Crippen molar-refractivity contribution in [3.63, 3.8) is 0 Å². The van der Waals surface area contributed by atoms with Crippen LogP contribution in [0.4, 0.5) is 0 Å². The summed E-state index contributed by atoms with van der Waals surface area (Å²) >= 11 is 0. The van der Waals surface area contributed by atoms with Gasteiger partial charge in [0.2, 0.25) is 0 Å². The lowest BCUT2D eigenvalue weighted by molar-refractivity contribution is 0.101. The highest BCUT2D eigenvalue weighted by atomic mass is 16.1. The molecule has 1 heteroatoms. The number of hydrogen-bond acceptors (Lipinski definition) is 1. The van der Waals surface area contributed by atoms with Crippen molar-refractivity contribution < 1.29 is 4.79 Å². The fourth-order valence-corrected chi connectivity index (χ4v) is 2.07. The van der Waals surface area contributed by atoms with Gasteiger partial charge in [0.15, 0.2) is 5.78 Å². The van der Waals surface area contributed by atoms with Crippen molar-refractivity contribution in [2.24, 2.45) is 0 Å². The van der Waals surface area contributed by atoms with E-state index in [-0.39, 0.29) is 5.78 Å². The topological polar surface area (TPSA) is 17.1 Å². The van der Waals surface area contributed by atoms with Crippen molar-refractivity contribution in [3.8, 4) is 0 Å². The minimum absolute atomic E-state index is 0.147. The zero-order valence-corrected chi connectivity index (χ0v) is 14.6. The SMILES string of the molecule is C/C=C(/CCC)c1c(C)cccc1C(C)=O.CC.CC. The van der Waals surface area contributed by atoms with Crippen LogP contribution in [0.15, 0.2) is 24.3 Å². The average Bonchev–Trinajstić information content (AvgIpc) is 2.49. The molecule has 0 heterocycles. The first-order valence-corrected chi connectivity index (χ1v) is 7.87. The summed E-state index contributed by atoms with van der Waals surface area (Å²) in [5, 5.41) is 0. The number of ketones is 1. The standard InChI is InChI=1S/C15H20O.2C2H6/c1-5-8-13(6-2)15-11(3)9-7-10-14(15)12(4)16;2*1-2/h6-7,9-10H,5,8H2,1-4H3;2*1-2H3/b13-6-;;. The number of aryl methyl sites for hydroxylation is 1. The number of carbonyl (C=O) groups excluding carboxylic acids is 1. The van der Waals surface area contributed by atoms with Crippen LogP contribution in [-0.4, -0.2) is 5.78 Å². The Hall–Kier alpha value is -1.37. The van der Waals surface area contributed by atoms with Gasteiger partial charge in [-0.1, -0.05) is 65.3 Å². The van der Waals surface area contributed by atoms with E-state index in [1.54, 1.807) is 6.92 Å². The molecule has 1 aromatic rings. The van der Waals surface area contributed by atoms with Crippen LogP contribution in [0.3, 0.4) is 0 Å². The Bertz CT molecular complexity index is 414. The van der Waals surface area contributed by atoms with Crippen LogP contribution in [0.1, 0.15) is 82.8 Å². The molecule has 114 valence electrons. The molecule has 0 fully saturated rings. The van der Waals surface area contributed by atoms with Crippen LogP contribution in [0.5, 0.6) is 0 Å². The zero-order chi connectivity index (χ0) is 16.1. The number of rotatable bonds is 4. The smallest absolute Gasteiger partial charge is 0.160 e. The second-order valence-corrected chi connectivity index (χ2v) is 4.12. The Morgan fingerprint density at radius 2 is 1.70 bits per heavy atom. The maximum Gasteiger partial charge on any atom is 0.160 e. The Labute approximate surface area is 126 Å². The van der Waals surface area contributed by atoms with E-state index in [1.165, 1.54) is 11.1 Å². The third-order valence-electron chi connectivity index (χ3n) is 2.84. The van der Waals surface area contributed by atoms with Gasteiger partial charge in [-0.3, -0.25) is 4.79 Å². The highest BCUT2D eigenvalue weighted by Crippen LogP contribution is 2.27. The average molecular weight is 276 g/mol. The highest BCUT2D eigenvalue weighted by Gasteiger charge is 2.12. The van der Waals surface area contributed by atoms with Gasteiger partial charge in [-0.25, -0.2) is 0 Å². The van der Waals surface area contributed by atoms with Crippen LogP contribution < -0.4 is 0 Å². The molecule has 0 amide bonds. The molecule has 0 aliphatic rings. The van der Waals surface area contributed by atoms with Gasteiger partial charge in [0.05, 0.1) is 0 Å². The first-order valence-electron chi connectivity index (χ1n) is 7.87. The van der Waals surface area contributed by atoms with Crippen molar-refractivity contribution in [1.82, 2.24) is 0 Å². The van der Waals surface area contributed by atoms with Crippen molar-refractivity contribution in [1.29, 1.82) is 0 Å². The number of benzene rings is 1. The van der Waals surface area contributed by atoms with Crippen LogP contribution in [0.2, 0.25) is 0 Å². The summed E-state index contributed by atoms with van der Waals surface area (Å²) in [5.41, 5.74) is 4.46. The predicted octanol–water partition coefficient (Wildman–Crippen LogP) is 6.45. The van der Waals surface area contributed by atoms with Gasteiger partial charge < -0.3 is 0 Å². The van der Waals surface area contributed by atoms with E-state index in [0.717, 1.165) is 24.0 Å². The lowest BCUT2D eigenvalue weighted by atomic mass is 9.91. The van der Waals surface area contributed by atoms with Gasteiger partial charge >= 0.3 is 0 Å². The normalized spacial score (nSPS) is 9.90.